The summed E-state index contributed by atoms with van der Waals surface area (Å²) in [5, 5.41) is 0. The number of sulfonamides is 1. The number of hydrogen-bond acceptors (Lipinski definition) is 5. The Morgan fingerprint density at radius 3 is 2.70 bits per heavy atom. The van der Waals surface area contributed by atoms with Gasteiger partial charge in [-0.05, 0) is 37.1 Å². The number of ether oxygens (including phenoxy) is 1. The second-order valence-corrected chi connectivity index (χ2v) is 7.18. The fraction of sp³-hybridized carbons (Fsp3) is 0.333. The number of hydrogen-bond donors (Lipinski definition) is 0. The second kappa shape index (κ2) is 6.59. The van der Waals surface area contributed by atoms with E-state index < -0.39 is 15.8 Å². The largest absolute Gasteiger partial charge is 0.473 e. The Hall–Kier alpha value is -2.06. The molecule has 1 aromatic carbocycles. The summed E-state index contributed by atoms with van der Waals surface area (Å²) in [6.07, 6.45) is 4.12. The highest BCUT2D eigenvalue weighted by Crippen LogP contribution is 2.23. The van der Waals surface area contributed by atoms with Gasteiger partial charge in [-0.15, -0.1) is 0 Å². The van der Waals surface area contributed by atoms with Crippen molar-refractivity contribution in [3.63, 3.8) is 0 Å². The monoisotopic (exact) mass is 337 g/mol. The second-order valence-electron chi connectivity index (χ2n) is 5.25. The van der Waals surface area contributed by atoms with Crippen molar-refractivity contribution in [2.24, 2.45) is 0 Å². The van der Waals surface area contributed by atoms with E-state index in [2.05, 4.69) is 9.97 Å². The molecular weight excluding hydrogens is 321 g/mol. The molecule has 23 heavy (non-hydrogen) atoms. The first-order chi connectivity index (χ1) is 11.1. The molecule has 1 aromatic heterocycles. The molecule has 0 spiro atoms. The van der Waals surface area contributed by atoms with Gasteiger partial charge in [-0.25, -0.2) is 22.8 Å². The third-order valence-electron chi connectivity index (χ3n) is 3.63. The molecule has 6 nitrogen and oxygen atoms in total. The van der Waals surface area contributed by atoms with Crippen molar-refractivity contribution in [1.29, 1.82) is 0 Å². The maximum absolute atomic E-state index is 13.0. The molecule has 0 amide bonds. The fourth-order valence-corrected chi connectivity index (χ4v) is 4.00. The van der Waals surface area contributed by atoms with Crippen LogP contribution in [0.2, 0.25) is 0 Å². The molecule has 1 fully saturated rings. The molecule has 2 aromatic rings. The fourth-order valence-electron chi connectivity index (χ4n) is 2.49. The molecule has 2 heterocycles. The van der Waals surface area contributed by atoms with Crippen LogP contribution in [0.4, 0.5) is 4.39 Å². The third-order valence-corrected chi connectivity index (χ3v) is 5.51. The van der Waals surface area contributed by atoms with Gasteiger partial charge in [-0.3, -0.25) is 0 Å². The van der Waals surface area contributed by atoms with Gasteiger partial charge in [0, 0.05) is 18.8 Å². The van der Waals surface area contributed by atoms with Crippen LogP contribution in [0.3, 0.4) is 0 Å². The number of rotatable bonds is 4. The molecule has 8 heteroatoms. The Labute approximate surface area is 134 Å². The Bertz CT molecular complexity index is 753. The van der Waals surface area contributed by atoms with Crippen LogP contribution in [-0.4, -0.2) is 41.9 Å². The van der Waals surface area contributed by atoms with E-state index in [9.17, 15) is 12.8 Å². The van der Waals surface area contributed by atoms with E-state index in [1.54, 1.807) is 12.3 Å². The minimum Gasteiger partial charge on any atom is -0.473 e. The van der Waals surface area contributed by atoms with Crippen LogP contribution >= 0.6 is 0 Å². The zero-order valence-corrected chi connectivity index (χ0v) is 13.1. The standard InChI is InChI=1S/C15H16FN3O3S/c16-12-3-5-14(6-4-12)23(20,21)19-9-1-2-13(10-19)22-15-7-8-17-11-18-15/h3-8,11,13H,1-2,9-10H2. The maximum Gasteiger partial charge on any atom is 0.243 e. The van der Waals surface area contributed by atoms with Crippen molar-refractivity contribution >= 4 is 10.0 Å². The van der Waals surface area contributed by atoms with Crippen LogP contribution in [-0.2, 0) is 10.0 Å². The smallest absolute Gasteiger partial charge is 0.243 e. The summed E-state index contributed by atoms with van der Waals surface area (Å²) in [5.74, 6) is -0.0430. The average Bonchev–Trinajstić information content (AvgIpc) is 2.56. The topological polar surface area (TPSA) is 72.4 Å². The van der Waals surface area contributed by atoms with Crippen molar-refractivity contribution < 1.29 is 17.5 Å². The molecular formula is C15H16FN3O3S. The van der Waals surface area contributed by atoms with E-state index in [1.807, 2.05) is 0 Å². The molecule has 0 N–H and O–H groups in total. The highest BCUT2D eigenvalue weighted by molar-refractivity contribution is 7.89. The van der Waals surface area contributed by atoms with Gasteiger partial charge in [-0.1, -0.05) is 0 Å². The van der Waals surface area contributed by atoms with Crippen molar-refractivity contribution in [2.75, 3.05) is 13.1 Å². The summed E-state index contributed by atoms with van der Waals surface area (Å²) >= 11 is 0. The summed E-state index contributed by atoms with van der Waals surface area (Å²) in [5.41, 5.74) is 0. The quantitative estimate of drug-likeness (QED) is 0.851. The molecule has 1 saturated heterocycles. The number of nitrogens with zero attached hydrogens (tertiary/aromatic N) is 3. The van der Waals surface area contributed by atoms with E-state index >= 15 is 0 Å². The molecule has 3 rings (SSSR count). The molecule has 0 saturated carbocycles. The van der Waals surface area contributed by atoms with Gasteiger partial charge < -0.3 is 4.74 Å². The predicted molar refractivity (Wildman–Crippen MR) is 80.8 cm³/mol. The van der Waals surface area contributed by atoms with Crippen molar-refractivity contribution in [1.82, 2.24) is 14.3 Å². The van der Waals surface area contributed by atoms with Crippen LogP contribution < -0.4 is 4.74 Å². The Morgan fingerprint density at radius 1 is 1.22 bits per heavy atom. The van der Waals surface area contributed by atoms with Gasteiger partial charge in [-0.2, -0.15) is 4.31 Å². The molecule has 1 atom stereocenters. The number of piperidine rings is 1. The lowest BCUT2D eigenvalue weighted by Crippen LogP contribution is -2.44. The predicted octanol–water partition coefficient (Wildman–Crippen LogP) is 1.85. The molecule has 0 bridgehead atoms. The molecule has 1 aliphatic rings. The highest BCUT2D eigenvalue weighted by atomic mass is 32.2. The lowest BCUT2D eigenvalue weighted by atomic mass is 10.1. The number of aromatic nitrogens is 2. The van der Waals surface area contributed by atoms with Gasteiger partial charge >= 0.3 is 0 Å². The molecule has 122 valence electrons. The van der Waals surface area contributed by atoms with Crippen molar-refractivity contribution in [3.8, 4) is 5.88 Å². The van der Waals surface area contributed by atoms with E-state index in [0.717, 1.165) is 18.6 Å². The zero-order chi connectivity index (χ0) is 16.3. The van der Waals surface area contributed by atoms with Crippen LogP contribution in [0.1, 0.15) is 12.8 Å². The summed E-state index contributed by atoms with van der Waals surface area (Å²) < 4.78 is 45.3. The average molecular weight is 337 g/mol. The van der Waals surface area contributed by atoms with Gasteiger partial charge in [0.2, 0.25) is 15.9 Å². The Balaban J connectivity index is 1.74. The van der Waals surface area contributed by atoms with Crippen LogP contribution in [0, 0.1) is 5.82 Å². The highest BCUT2D eigenvalue weighted by Gasteiger charge is 2.31. The lowest BCUT2D eigenvalue weighted by Gasteiger charge is -2.31. The number of halogens is 1. The van der Waals surface area contributed by atoms with Crippen LogP contribution in [0.5, 0.6) is 5.88 Å². The zero-order valence-electron chi connectivity index (χ0n) is 12.3. The first-order valence-electron chi connectivity index (χ1n) is 7.24. The molecule has 0 aliphatic carbocycles. The molecule has 1 unspecified atom stereocenters. The van der Waals surface area contributed by atoms with Crippen molar-refractivity contribution in [2.45, 2.75) is 23.8 Å². The van der Waals surface area contributed by atoms with Crippen LogP contribution in [0.25, 0.3) is 0 Å². The van der Waals surface area contributed by atoms with E-state index in [1.165, 1.54) is 22.8 Å². The SMILES string of the molecule is O=S(=O)(c1ccc(F)cc1)N1CCCC(Oc2ccncn2)C1. The molecule has 0 radical (unpaired) electrons. The third kappa shape index (κ3) is 3.65. The number of benzene rings is 1. The summed E-state index contributed by atoms with van der Waals surface area (Å²) in [7, 11) is -3.65. The van der Waals surface area contributed by atoms with Gasteiger partial charge in [0.15, 0.2) is 0 Å². The minimum atomic E-state index is -3.65. The van der Waals surface area contributed by atoms with E-state index in [0.29, 0.717) is 18.8 Å². The lowest BCUT2D eigenvalue weighted by molar-refractivity contribution is 0.124. The normalized spacial score (nSPS) is 19.4. The first-order valence-corrected chi connectivity index (χ1v) is 8.68. The van der Waals surface area contributed by atoms with Crippen molar-refractivity contribution in [3.05, 3.63) is 48.7 Å². The maximum atomic E-state index is 13.0. The first kappa shape index (κ1) is 15.8. The van der Waals surface area contributed by atoms with Gasteiger partial charge in [0.25, 0.3) is 0 Å². The van der Waals surface area contributed by atoms with Gasteiger partial charge in [0.05, 0.1) is 11.4 Å². The minimum absolute atomic E-state index is 0.0848. The van der Waals surface area contributed by atoms with Gasteiger partial charge in [0.1, 0.15) is 18.2 Å². The summed E-state index contributed by atoms with van der Waals surface area (Å²) in [6.45, 7) is 0.660. The Morgan fingerprint density at radius 2 is 2.00 bits per heavy atom. The van der Waals surface area contributed by atoms with E-state index in [-0.39, 0.29) is 17.5 Å². The summed E-state index contributed by atoms with van der Waals surface area (Å²) in [6, 6.07) is 6.48. The van der Waals surface area contributed by atoms with Crippen LogP contribution in [0.15, 0.2) is 47.8 Å². The van der Waals surface area contributed by atoms with E-state index in [4.69, 9.17) is 4.74 Å². The Kier molecular flexibility index (Phi) is 4.53. The molecule has 1 aliphatic heterocycles. The summed E-state index contributed by atoms with van der Waals surface area (Å²) in [4.78, 5) is 7.88.